The molecule has 0 aromatic heterocycles. The van der Waals surface area contributed by atoms with Crippen molar-refractivity contribution in [2.45, 2.75) is 6.61 Å². The van der Waals surface area contributed by atoms with Crippen LogP contribution in [0.15, 0.2) is 78.4 Å². The van der Waals surface area contributed by atoms with Crippen molar-refractivity contribution in [2.75, 3.05) is 4.90 Å². The van der Waals surface area contributed by atoms with E-state index in [0.717, 1.165) is 4.90 Å². The molecule has 0 unspecified atom stereocenters. The van der Waals surface area contributed by atoms with Gasteiger partial charge in [0.25, 0.3) is 11.8 Å². The number of imide groups is 2. The number of amides is 4. The van der Waals surface area contributed by atoms with E-state index in [2.05, 4.69) is 5.32 Å². The lowest BCUT2D eigenvalue weighted by Crippen LogP contribution is -2.54. The Morgan fingerprint density at radius 3 is 2.47 bits per heavy atom. The number of phenolic OH excluding ortho intramolecular Hbond substituents is 1. The molecule has 4 amide bonds. The third-order valence-electron chi connectivity index (χ3n) is 4.71. The number of rotatable bonds is 5. The van der Waals surface area contributed by atoms with Crippen LogP contribution >= 0.6 is 0 Å². The molecule has 4 rings (SSSR count). The van der Waals surface area contributed by atoms with Crippen LogP contribution in [0.4, 0.5) is 14.9 Å². The Morgan fingerprint density at radius 2 is 1.72 bits per heavy atom. The second-order valence-corrected chi connectivity index (χ2v) is 6.93. The lowest BCUT2D eigenvalue weighted by Gasteiger charge is -2.26. The fraction of sp³-hybridized carbons (Fsp3) is 0.0417. The summed E-state index contributed by atoms with van der Waals surface area (Å²) in [5, 5.41) is 11.6. The SMILES string of the molecule is O=C1NC(=O)N(c2ccc(O)cc2)C(=O)/C1=C/c1ccccc1OCc1cccc(F)c1. The normalized spacial score (nSPS) is 15.1. The largest absolute Gasteiger partial charge is 0.508 e. The van der Waals surface area contributed by atoms with E-state index in [1.807, 2.05) is 0 Å². The molecule has 3 aromatic carbocycles. The zero-order chi connectivity index (χ0) is 22.7. The number of nitrogens with one attached hydrogen (secondary N) is 1. The molecule has 32 heavy (non-hydrogen) atoms. The minimum atomic E-state index is -0.890. The first-order valence-electron chi connectivity index (χ1n) is 9.59. The Hall–Kier alpha value is -4.46. The summed E-state index contributed by atoms with van der Waals surface area (Å²) < 4.78 is 19.2. The number of nitrogens with zero attached hydrogens (tertiary/aromatic N) is 1. The molecule has 7 nitrogen and oxygen atoms in total. The van der Waals surface area contributed by atoms with E-state index in [0.29, 0.717) is 16.9 Å². The Labute approximate surface area is 182 Å². The number of hydrogen-bond acceptors (Lipinski definition) is 5. The third kappa shape index (κ3) is 4.34. The highest BCUT2D eigenvalue weighted by molar-refractivity contribution is 6.39. The summed E-state index contributed by atoms with van der Waals surface area (Å²) in [4.78, 5) is 38.5. The number of para-hydroxylation sites is 1. The smallest absolute Gasteiger partial charge is 0.335 e. The fourth-order valence-corrected chi connectivity index (χ4v) is 3.17. The lowest BCUT2D eigenvalue weighted by atomic mass is 10.1. The molecule has 1 aliphatic rings. The summed E-state index contributed by atoms with van der Waals surface area (Å²) >= 11 is 0. The van der Waals surface area contributed by atoms with Crippen molar-refractivity contribution in [2.24, 2.45) is 0 Å². The van der Waals surface area contributed by atoms with Crippen molar-refractivity contribution >= 4 is 29.6 Å². The fourth-order valence-electron chi connectivity index (χ4n) is 3.17. The van der Waals surface area contributed by atoms with Crippen molar-refractivity contribution in [3.05, 3.63) is 95.3 Å². The average Bonchev–Trinajstić information content (AvgIpc) is 2.77. The topological polar surface area (TPSA) is 95.9 Å². The van der Waals surface area contributed by atoms with Gasteiger partial charge in [-0.2, -0.15) is 0 Å². The first-order valence-corrected chi connectivity index (χ1v) is 9.59. The maximum Gasteiger partial charge on any atom is 0.335 e. The van der Waals surface area contributed by atoms with Gasteiger partial charge in [-0.05, 0) is 54.1 Å². The summed E-state index contributed by atoms with van der Waals surface area (Å²) in [5.41, 5.74) is 0.976. The standard InChI is InChI=1S/C24H17FN2O5/c25-17-6-3-4-15(12-17)14-32-21-7-2-1-5-16(21)13-20-22(29)26-24(31)27(23(20)30)18-8-10-19(28)11-9-18/h1-13,28H,14H2,(H,26,29,31)/b20-13+. The predicted octanol–water partition coefficient (Wildman–Crippen LogP) is 3.78. The van der Waals surface area contributed by atoms with E-state index in [4.69, 9.17) is 4.74 Å². The van der Waals surface area contributed by atoms with Gasteiger partial charge in [-0.25, -0.2) is 14.1 Å². The van der Waals surface area contributed by atoms with Crippen LogP contribution < -0.4 is 15.0 Å². The zero-order valence-electron chi connectivity index (χ0n) is 16.6. The number of carbonyl (C=O) groups is 3. The minimum Gasteiger partial charge on any atom is -0.508 e. The van der Waals surface area contributed by atoms with Crippen molar-refractivity contribution in [3.63, 3.8) is 0 Å². The number of carbonyl (C=O) groups excluding carboxylic acids is 3. The van der Waals surface area contributed by atoms with Crippen molar-refractivity contribution in [1.82, 2.24) is 5.32 Å². The molecular formula is C24H17FN2O5. The van der Waals surface area contributed by atoms with E-state index < -0.39 is 17.8 Å². The second-order valence-electron chi connectivity index (χ2n) is 6.93. The molecule has 0 bridgehead atoms. The second kappa shape index (κ2) is 8.73. The Morgan fingerprint density at radius 1 is 0.969 bits per heavy atom. The number of anilines is 1. The van der Waals surface area contributed by atoms with Crippen LogP contribution in [0.2, 0.25) is 0 Å². The van der Waals surface area contributed by atoms with Crippen LogP contribution in [-0.2, 0) is 16.2 Å². The summed E-state index contributed by atoms with van der Waals surface area (Å²) in [7, 11) is 0. The Balaban J connectivity index is 1.63. The lowest BCUT2D eigenvalue weighted by molar-refractivity contribution is -0.122. The van der Waals surface area contributed by atoms with Gasteiger partial charge in [0, 0.05) is 5.56 Å². The van der Waals surface area contributed by atoms with Gasteiger partial charge < -0.3 is 9.84 Å². The van der Waals surface area contributed by atoms with Crippen molar-refractivity contribution in [1.29, 1.82) is 0 Å². The van der Waals surface area contributed by atoms with Crippen molar-refractivity contribution < 1.29 is 28.6 Å². The number of ether oxygens (including phenoxy) is 1. The van der Waals surface area contributed by atoms with Crippen LogP contribution in [-0.4, -0.2) is 23.0 Å². The minimum absolute atomic E-state index is 0.0326. The number of barbiturate groups is 1. The zero-order valence-corrected chi connectivity index (χ0v) is 16.6. The van der Waals surface area contributed by atoms with E-state index >= 15 is 0 Å². The quantitative estimate of drug-likeness (QED) is 0.473. The molecule has 8 heteroatoms. The average molecular weight is 432 g/mol. The molecule has 0 atom stereocenters. The van der Waals surface area contributed by atoms with Crippen LogP contribution in [0.5, 0.6) is 11.5 Å². The van der Waals surface area contributed by atoms with E-state index in [1.54, 1.807) is 36.4 Å². The molecule has 3 aromatic rings. The maximum absolute atomic E-state index is 13.4. The highest BCUT2D eigenvalue weighted by atomic mass is 19.1. The van der Waals surface area contributed by atoms with Gasteiger partial charge in [0.2, 0.25) is 0 Å². The van der Waals surface area contributed by atoms with Gasteiger partial charge in [0.05, 0.1) is 5.69 Å². The molecule has 0 spiro atoms. The molecule has 1 saturated heterocycles. The molecule has 0 aliphatic carbocycles. The maximum atomic E-state index is 13.4. The van der Waals surface area contributed by atoms with Gasteiger partial charge in [-0.1, -0.05) is 30.3 Å². The van der Waals surface area contributed by atoms with Gasteiger partial charge in [0.15, 0.2) is 0 Å². The third-order valence-corrected chi connectivity index (χ3v) is 4.71. The molecule has 0 saturated carbocycles. The molecule has 2 N–H and O–H groups in total. The number of benzene rings is 3. The van der Waals surface area contributed by atoms with Crippen LogP contribution in [0.3, 0.4) is 0 Å². The molecule has 0 radical (unpaired) electrons. The summed E-state index contributed by atoms with van der Waals surface area (Å²) in [5.74, 6) is -1.70. The van der Waals surface area contributed by atoms with Crippen LogP contribution in [0.1, 0.15) is 11.1 Å². The molecule has 160 valence electrons. The highest BCUT2D eigenvalue weighted by Gasteiger charge is 2.36. The molecule has 1 fully saturated rings. The van der Waals surface area contributed by atoms with E-state index in [1.165, 1.54) is 42.5 Å². The summed E-state index contributed by atoms with van der Waals surface area (Å²) in [6, 6.07) is 17.2. The first kappa shape index (κ1) is 20.8. The number of aromatic hydroxyl groups is 1. The molecule has 1 aliphatic heterocycles. The Kier molecular flexibility index (Phi) is 5.67. The van der Waals surface area contributed by atoms with Gasteiger partial charge in [-0.3, -0.25) is 14.9 Å². The Bertz CT molecular complexity index is 1240. The van der Waals surface area contributed by atoms with Gasteiger partial charge in [0.1, 0.15) is 29.5 Å². The summed E-state index contributed by atoms with van der Waals surface area (Å²) in [6.07, 6.45) is 1.33. The number of urea groups is 1. The van der Waals surface area contributed by atoms with Crippen LogP contribution in [0.25, 0.3) is 6.08 Å². The molecular weight excluding hydrogens is 415 g/mol. The van der Waals surface area contributed by atoms with Crippen LogP contribution in [0, 0.1) is 5.82 Å². The van der Waals surface area contributed by atoms with Gasteiger partial charge in [-0.15, -0.1) is 0 Å². The number of phenols is 1. The van der Waals surface area contributed by atoms with Gasteiger partial charge >= 0.3 is 6.03 Å². The van der Waals surface area contributed by atoms with Crippen molar-refractivity contribution in [3.8, 4) is 11.5 Å². The summed E-state index contributed by atoms with van der Waals surface area (Å²) in [6.45, 7) is 0.0796. The predicted molar refractivity (Wildman–Crippen MR) is 114 cm³/mol. The highest BCUT2D eigenvalue weighted by Crippen LogP contribution is 2.27. The van der Waals surface area contributed by atoms with E-state index in [9.17, 15) is 23.9 Å². The number of hydrogen-bond donors (Lipinski definition) is 2. The monoisotopic (exact) mass is 432 g/mol. The first-order chi connectivity index (χ1) is 15.4. The van der Waals surface area contributed by atoms with E-state index in [-0.39, 0.29) is 29.4 Å². The molecule has 1 heterocycles. The number of halogens is 1.